The second-order valence-electron chi connectivity index (χ2n) is 5.90. The van der Waals surface area contributed by atoms with Crippen LogP contribution in [-0.2, 0) is 4.74 Å². The van der Waals surface area contributed by atoms with E-state index in [0.29, 0.717) is 31.0 Å². The smallest absolute Gasteiger partial charge is 0.329 e. The average Bonchev–Trinajstić information content (AvgIpc) is 3.37. The molecule has 8 nitrogen and oxygen atoms in total. The second kappa shape index (κ2) is 6.87. The van der Waals surface area contributed by atoms with Gasteiger partial charge in [0.1, 0.15) is 6.20 Å². The summed E-state index contributed by atoms with van der Waals surface area (Å²) in [6, 6.07) is 0.303. The Hall–Kier alpha value is -1.96. The number of hydrogen-bond donors (Lipinski definition) is 2. The highest BCUT2D eigenvalue weighted by Crippen LogP contribution is 2.29. The van der Waals surface area contributed by atoms with E-state index in [-0.39, 0.29) is 5.69 Å². The molecule has 0 amide bonds. The number of anilines is 2. The first-order valence-corrected chi connectivity index (χ1v) is 7.82. The fourth-order valence-electron chi connectivity index (χ4n) is 2.03. The minimum absolute atomic E-state index is 0.0785. The summed E-state index contributed by atoms with van der Waals surface area (Å²) in [5, 5.41) is 17.1. The number of nitro groups is 1. The Morgan fingerprint density at radius 3 is 2.86 bits per heavy atom. The van der Waals surface area contributed by atoms with Crippen molar-refractivity contribution in [2.24, 2.45) is 5.92 Å². The minimum Gasteiger partial charge on any atom is -0.381 e. The lowest BCUT2D eigenvalue weighted by atomic mass is 10.4. The maximum atomic E-state index is 11.0. The largest absolute Gasteiger partial charge is 0.381 e. The third-order valence-electron chi connectivity index (χ3n) is 3.68. The van der Waals surface area contributed by atoms with Gasteiger partial charge in [-0.05, 0) is 38.0 Å². The van der Waals surface area contributed by atoms with Gasteiger partial charge in [-0.2, -0.15) is 4.98 Å². The molecule has 2 saturated carbocycles. The first kappa shape index (κ1) is 15.0. The van der Waals surface area contributed by atoms with E-state index >= 15 is 0 Å². The van der Waals surface area contributed by atoms with Crippen LogP contribution in [0.25, 0.3) is 0 Å². The summed E-state index contributed by atoms with van der Waals surface area (Å²) in [5.41, 5.74) is -0.0785. The molecule has 0 spiro atoms. The molecule has 3 rings (SSSR count). The fraction of sp³-hybridized carbons (Fsp3) is 0.714. The minimum atomic E-state index is -0.458. The van der Waals surface area contributed by atoms with E-state index in [0.717, 1.165) is 31.8 Å². The van der Waals surface area contributed by atoms with E-state index in [1.807, 2.05) is 0 Å². The van der Waals surface area contributed by atoms with Gasteiger partial charge in [0.05, 0.1) is 4.92 Å². The van der Waals surface area contributed by atoms with Crippen molar-refractivity contribution in [2.75, 3.05) is 30.4 Å². The van der Waals surface area contributed by atoms with E-state index in [1.54, 1.807) is 0 Å². The van der Waals surface area contributed by atoms with Gasteiger partial charge in [0, 0.05) is 25.8 Å². The highest BCUT2D eigenvalue weighted by atomic mass is 16.6. The van der Waals surface area contributed by atoms with E-state index in [1.165, 1.54) is 19.0 Å². The van der Waals surface area contributed by atoms with Crippen LogP contribution in [-0.4, -0.2) is 40.7 Å². The fourth-order valence-corrected chi connectivity index (χ4v) is 2.03. The van der Waals surface area contributed by atoms with Gasteiger partial charge in [-0.3, -0.25) is 10.1 Å². The number of nitrogens with one attached hydrogen (secondary N) is 2. The quantitative estimate of drug-likeness (QED) is 0.388. The number of rotatable bonds is 10. The summed E-state index contributed by atoms with van der Waals surface area (Å²) < 4.78 is 5.55. The van der Waals surface area contributed by atoms with E-state index in [4.69, 9.17) is 4.74 Å². The van der Waals surface area contributed by atoms with Crippen molar-refractivity contribution in [3.8, 4) is 0 Å². The Morgan fingerprint density at radius 1 is 1.36 bits per heavy atom. The number of hydrogen-bond acceptors (Lipinski definition) is 7. The average molecular weight is 307 g/mol. The normalized spacial score (nSPS) is 17.3. The molecule has 1 aromatic heterocycles. The Morgan fingerprint density at radius 2 is 2.18 bits per heavy atom. The van der Waals surface area contributed by atoms with Gasteiger partial charge in [-0.15, -0.1) is 0 Å². The van der Waals surface area contributed by atoms with Gasteiger partial charge in [0.2, 0.25) is 11.8 Å². The lowest BCUT2D eigenvalue weighted by Crippen LogP contribution is -2.12. The van der Waals surface area contributed by atoms with Crippen LogP contribution in [0, 0.1) is 16.0 Å². The monoisotopic (exact) mass is 307 g/mol. The molecule has 22 heavy (non-hydrogen) atoms. The molecule has 0 aromatic carbocycles. The molecule has 0 radical (unpaired) electrons. The maximum absolute atomic E-state index is 11.0. The van der Waals surface area contributed by atoms with Crippen molar-refractivity contribution >= 4 is 17.5 Å². The van der Waals surface area contributed by atoms with Crippen LogP contribution < -0.4 is 10.6 Å². The summed E-state index contributed by atoms with van der Waals surface area (Å²) in [5.74, 6) is 1.49. The lowest BCUT2D eigenvalue weighted by molar-refractivity contribution is -0.384. The molecular weight excluding hydrogens is 286 g/mol. The van der Waals surface area contributed by atoms with Crippen LogP contribution in [0.4, 0.5) is 17.5 Å². The zero-order valence-electron chi connectivity index (χ0n) is 12.5. The molecule has 0 atom stereocenters. The second-order valence-corrected chi connectivity index (χ2v) is 5.90. The van der Waals surface area contributed by atoms with Crippen molar-refractivity contribution in [3.05, 3.63) is 16.3 Å². The third kappa shape index (κ3) is 4.52. The van der Waals surface area contributed by atoms with Gasteiger partial charge < -0.3 is 15.4 Å². The molecule has 0 aliphatic heterocycles. The van der Waals surface area contributed by atoms with Crippen LogP contribution in [0.3, 0.4) is 0 Å². The van der Waals surface area contributed by atoms with Crippen molar-refractivity contribution < 1.29 is 9.66 Å². The summed E-state index contributed by atoms with van der Waals surface area (Å²) in [6.45, 7) is 2.26. The Kier molecular flexibility index (Phi) is 4.67. The predicted molar refractivity (Wildman–Crippen MR) is 82.0 cm³/mol. The van der Waals surface area contributed by atoms with Crippen molar-refractivity contribution in [2.45, 2.75) is 38.1 Å². The Labute approximate surface area is 128 Å². The predicted octanol–water partition coefficient (Wildman–Crippen LogP) is 2.19. The van der Waals surface area contributed by atoms with Gasteiger partial charge in [0.15, 0.2) is 0 Å². The van der Waals surface area contributed by atoms with Crippen LogP contribution >= 0.6 is 0 Å². The summed E-state index contributed by atoms with van der Waals surface area (Å²) in [6.07, 6.45) is 6.77. The zero-order valence-corrected chi connectivity index (χ0v) is 12.5. The summed E-state index contributed by atoms with van der Waals surface area (Å²) in [7, 11) is 0. The SMILES string of the molecule is O=[N+]([O-])c1cnc(NCCCOCC2CC2)nc1NC1CC1. The maximum Gasteiger partial charge on any atom is 0.329 e. The van der Waals surface area contributed by atoms with Crippen LogP contribution in [0.5, 0.6) is 0 Å². The molecule has 2 aliphatic rings. The molecule has 2 N–H and O–H groups in total. The molecule has 120 valence electrons. The highest BCUT2D eigenvalue weighted by Gasteiger charge is 2.26. The Bertz CT molecular complexity index is 531. The van der Waals surface area contributed by atoms with E-state index < -0.39 is 4.92 Å². The first-order valence-electron chi connectivity index (χ1n) is 7.82. The summed E-state index contributed by atoms with van der Waals surface area (Å²) >= 11 is 0. The van der Waals surface area contributed by atoms with Gasteiger partial charge in [-0.1, -0.05) is 0 Å². The van der Waals surface area contributed by atoms with Gasteiger partial charge in [-0.25, -0.2) is 4.98 Å². The Balaban J connectivity index is 1.46. The summed E-state index contributed by atoms with van der Waals surface area (Å²) in [4.78, 5) is 18.7. The van der Waals surface area contributed by atoms with Crippen LogP contribution in [0.2, 0.25) is 0 Å². The van der Waals surface area contributed by atoms with E-state index in [2.05, 4.69) is 20.6 Å². The van der Waals surface area contributed by atoms with E-state index in [9.17, 15) is 10.1 Å². The molecule has 1 heterocycles. The highest BCUT2D eigenvalue weighted by molar-refractivity contribution is 5.57. The molecule has 0 bridgehead atoms. The molecule has 0 unspecified atom stereocenters. The topological polar surface area (TPSA) is 102 Å². The number of aromatic nitrogens is 2. The van der Waals surface area contributed by atoms with Crippen molar-refractivity contribution in [1.29, 1.82) is 0 Å². The number of ether oxygens (including phenoxy) is 1. The number of nitrogens with zero attached hydrogens (tertiary/aromatic N) is 3. The van der Waals surface area contributed by atoms with Crippen LogP contribution in [0.1, 0.15) is 32.1 Å². The molecular formula is C14H21N5O3. The van der Waals surface area contributed by atoms with Gasteiger partial charge in [0.25, 0.3) is 0 Å². The zero-order chi connectivity index (χ0) is 15.4. The lowest BCUT2D eigenvalue weighted by Gasteiger charge is -2.08. The molecule has 2 fully saturated rings. The standard InChI is InChI=1S/C14H21N5O3/c20-19(21)12-8-16-14(18-13(12)17-11-4-5-11)15-6-1-7-22-9-10-2-3-10/h8,10-11H,1-7,9H2,(H2,15,16,17,18). The first-order chi connectivity index (χ1) is 10.7. The molecule has 8 heteroatoms. The van der Waals surface area contributed by atoms with Gasteiger partial charge >= 0.3 is 5.69 Å². The molecule has 2 aliphatic carbocycles. The van der Waals surface area contributed by atoms with Crippen LogP contribution in [0.15, 0.2) is 6.20 Å². The molecule has 1 aromatic rings. The third-order valence-corrected chi connectivity index (χ3v) is 3.68. The van der Waals surface area contributed by atoms with Crippen molar-refractivity contribution in [1.82, 2.24) is 9.97 Å². The van der Waals surface area contributed by atoms with Crippen molar-refractivity contribution in [3.63, 3.8) is 0 Å². The molecule has 0 saturated heterocycles.